The zero-order valence-electron chi connectivity index (χ0n) is 10.8. The Hall–Kier alpha value is -0.710. The first-order valence-corrected chi connectivity index (χ1v) is 7.00. The summed E-state index contributed by atoms with van der Waals surface area (Å²) in [6, 6.07) is 0. The van der Waals surface area contributed by atoms with Gasteiger partial charge in [0.2, 0.25) is 5.91 Å². The molecule has 1 saturated heterocycles. The van der Waals surface area contributed by atoms with Crippen LogP contribution in [-0.4, -0.2) is 47.5 Å². The average Bonchev–Trinajstić information content (AvgIpc) is 2.80. The van der Waals surface area contributed by atoms with Crippen LogP contribution in [0.4, 0.5) is 0 Å². The minimum atomic E-state index is -0.217. The Morgan fingerprint density at radius 2 is 1.88 bits per heavy atom. The van der Waals surface area contributed by atoms with E-state index in [1.807, 2.05) is 18.7 Å². The maximum atomic E-state index is 12.0. The van der Waals surface area contributed by atoms with Crippen LogP contribution in [0.1, 0.15) is 33.1 Å². The van der Waals surface area contributed by atoms with Crippen molar-refractivity contribution in [2.75, 3.05) is 20.2 Å². The summed E-state index contributed by atoms with van der Waals surface area (Å²) in [5, 5.41) is 0.0387. The van der Waals surface area contributed by atoms with Gasteiger partial charge in [0, 0.05) is 18.3 Å². The SMILES string of the molecule is COC(=O)CC(C)SC(C)C(=O)N1CCCC1. The Bertz CT molecular complexity index is 277. The summed E-state index contributed by atoms with van der Waals surface area (Å²) in [6.45, 7) is 5.64. The predicted octanol–water partition coefficient (Wildman–Crippen LogP) is 1.68. The van der Waals surface area contributed by atoms with Crippen molar-refractivity contribution in [2.24, 2.45) is 0 Å². The number of nitrogens with zero attached hydrogens (tertiary/aromatic N) is 1. The molecule has 0 spiro atoms. The van der Waals surface area contributed by atoms with Crippen LogP contribution in [0.5, 0.6) is 0 Å². The average molecular weight is 259 g/mol. The first-order chi connectivity index (χ1) is 8.04. The summed E-state index contributed by atoms with van der Waals surface area (Å²) in [7, 11) is 1.39. The number of ether oxygens (including phenoxy) is 1. The van der Waals surface area contributed by atoms with Gasteiger partial charge < -0.3 is 9.64 Å². The van der Waals surface area contributed by atoms with Crippen molar-refractivity contribution >= 4 is 23.6 Å². The van der Waals surface area contributed by atoms with Gasteiger partial charge in [-0.15, -0.1) is 11.8 Å². The van der Waals surface area contributed by atoms with Crippen molar-refractivity contribution in [1.29, 1.82) is 0 Å². The molecule has 0 aliphatic carbocycles. The molecule has 0 bridgehead atoms. The van der Waals surface area contributed by atoms with Crippen molar-refractivity contribution in [3.8, 4) is 0 Å². The van der Waals surface area contributed by atoms with Crippen LogP contribution in [0, 0.1) is 0 Å². The molecule has 2 atom stereocenters. The summed E-state index contributed by atoms with van der Waals surface area (Å²) < 4.78 is 4.62. The highest BCUT2D eigenvalue weighted by Gasteiger charge is 2.25. The third kappa shape index (κ3) is 4.58. The third-order valence-corrected chi connectivity index (χ3v) is 4.12. The number of amides is 1. The second kappa shape index (κ2) is 6.89. The molecule has 0 aromatic rings. The first kappa shape index (κ1) is 14.4. The number of hydrogen-bond acceptors (Lipinski definition) is 4. The van der Waals surface area contributed by atoms with Crippen molar-refractivity contribution in [3.63, 3.8) is 0 Å². The number of thioether (sulfide) groups is 1. The lowest BCUT2D eigenvalue weighted by Crippen LogP contribution is -2.35. The quantitative estimate of drug-likeness (QED) is 0.705. The van der Waals surface area contributed by atoms with Crippen LogP contribution in [0.15, 0.2) is 0 Å². The smallest absolute Gasteiger partial charge is 0.306 e. The van der Waals surface area contributed by atoms with E-state index in [2.05, 4.69) is 4.74 Å². The molecule has 0 aromatic heterocycles. The highest BCUT2D eigenvalue weighted by Crippen LogP contribution is 2.23. The highest BCUT2D eigenvalue weighted by molar-refractivity contribution is 8.01. The Morgan fingerprint density at radius 3 is 2.41 bits per heavy atom. The Morgan fingerprint density at radius 1 is 1.29 bits per heavy atom. The second-order valence-electron chi connectivity index (χ2n) is 4.40. The molecule has 2 unspecified atom stereocenters. The van der Waals surface area contributed by atoms with Gasteiger partial charge in [-0.05, 0) is 19.8 Å². The topological polar surface area (TPSA) is 46.6 Å². The van der Waals surface area contributed by atoms with Crippen molar-refractivity contribution in [3.05, 3.63) is 0 Å². The maximum absolute atomic E-state index is 12.0. The monoisotopic (exact) mass is 259 g/mol. The molecular formula is C12H21NO3S. The molecule has 1 heterocycles. The lowest BCUT2D eigenvalue weighted by atomic mass is 10.3. The van der Waals surface area contributed by atoms with Gasteiger partial charge in [-0.25, -0.2) is 0 Å². The molecule has 1 aliphatic rings. The van der Waals surface area contributed by atoms with E-state index in [1.165, 1.54) is 7.11 Å². The Labute approximate surface area is 107 Å². The number of hydrogen-bond donors (Lipinski definition) is 0. The Kier molecular flexibility index (Phi) is 5.82. The van der Waals surface area contributed by atoms with Crippen LogP contribution in [-0.2, 0) is 14.3 Å². The molecule has 0 aromatic carbocycles. The molecule has 5 heteroatoms. The van der Waals surface area contributed by atoms with Gasteiger partial charge in [-0.2, -0.15) is 0 Å². The van der Waals surface area contributed by atoms with Gasteiger partial charge in [0.05, 0.1) is 18.8 Å². The largest absolute Gasteiger partial charge is 0.469 e. The summed E-state index contributed by atoms with van der Waals surface area (Å²) >= 11 is 1.55. The maximum Gasteiger partial charge on any atom is 0.306 e. The standard InChI is InChI=1S/C12H21NO3S/c1-9(8-11(14)16-3)17-10(2)12(15)13-6-4-5-7-13/h9-10H,4-8H2,1-3H3. The van der Waals surface area contributed by atoms with Gasteiger partial charge >= 0.3 is 5.97 Å². The van der Waals surface area contributed by atoms with Crippen LogP contribution >= 0.6 is 11.8 Å². The van der Waals surface area contributed by atoms with Gasteiger partial charge in [0.1, 0.15) is 0 Å². The van der Waals surface area contributed by atoms with E-state index < -0.39 is 0 Å². The fourth-order valence-corrected chi connectivity index (χ4v) is 3.16. The molecule has 0 N–H and O–H groups in total. The van der Waals surface area contributed by atoms with Gasteiger partial charge in [0.25, 0.3) is 0 Å². The second-order valence-corrected chi connectivity index (χ2v) is 6.19. The van der Waals surface area contributed by atoms with Crippen LogP contribution < -0.4 is 0 Å². The lowest BCUT2D eigenvalue weighted by Gasteiger charge is -2.22. The zero-order valence-corrected chi connectivity index (χ0v) is 11.6. The van der Waals surface area contributed by atoms with E-state index in [0.29, 0.717) is 6.42 Å². The van der Waals surface area contributed by atoms with Crippen LogP contribution in [0.3, 0.4) is 0 Å². The van der Waals surface area contributed by atoms with E-state index in [0.717, 1.165) is 25.9 Å². The van der Waals surface area contributed by atoms with Crippen molar-refractivity contribution in [1.82, 2.24) is 4.90 Å². The van der Waals surface area contributed by atoms with Crippen molar-refractivity contribution in [2.45, 2.75) is 43.6 Å². The molecule has 1 amide bonds. The number of esters is 1. The number of methoxy groups -OCH3 is 1. The normalized spacial score (nSPS) is 18.9. The van der Waals surface area contributed by atoms with E-state index in [9.17, 15) is 9.59 Å². The van der Waals surface area contributed by atoms with E-state index in [-0.39, 0.29) is 22.4 Å². The fourth-order valence-electron chi connectivity index (χ4n) is 1.97. The van der Waals surface area contributed by atoms with Gasteiger partial charge in [-0.1, -0.05) is 6.92 Å². The summed E-state index contributed by atoms with van der Waals surface area (Å²) in [5.41, 5.74) is 0. The van der Waals surface area contributed by atoms with E-state index in [1.54, 1.807) is 11.8 Å². The molecule has 98 valence electrons. The molecule has 0 radical (unpaired) electrons. The molecule has 1 rings (SSSR count). The third-order valence-electron chi connectivity index (χ3n) is 2.88. The first-order valence-electron chi connectivity index (χ1n) is 6.05. The van der Waals surface area contributed by atoms with Crippen LogP contribution in [0.25, 0.3) is 0 Å². The molecule has 4 nitrogen and oxygen atoms in total. The molecule has 17 heavy (non-hydrogen) atoms. The molecule has 1 aliphatic heterocycles. The summed E-state index contributed by atoms with van der Waals surface area (Å²) in [6.07, 6.45) is 2.58. The zero-order chi connectivity index (χ0) is 12.8. The van der Waals surface area contributed by atoms with E-state index in [4.69, 9.17) is 0 Å². The molecular weight excluding hydrogens is 238 g/mol. The van der Waals surface area contributed by atoms with Gasteiger partial charge in [0.15, 0.2) is 0 Å². The van der Waals surface area contributed by atoms with Crippen molar-refractivity contribution < 1.29 is 14.3 Å². The lowest BCUT2D eigenvalue weighted by molar-refractivity contribution is -0.140. The number of rotatable bonds is 5. The number of likely N-dealkylation sites (tertiary alicyclic amines) is 1. The fraction of sp³-hybridized carbons (Fsp3) is 0.833. The van der Waals surface area contributed by atoms with Crippen LogP contribution in [0.2, 0.25) is 0 Å². The Balaban J connectivity index is 2.34. The highest BCUT2D eigenvalue weighted by atomic mass is 32.2. The summed E-state index contributed by atoms with van der Waals surface area (Å²) in [4.78, 5) is 25.0. The molecule has 0 saturated carbocycles. The number of carbonyl (C=O) groups is 2. The number of carbonyl (C=O) groups excluding carboxylic acids is 2. The predicted molar refractivity (Wildman–Crippen MR) is 69.0 cm³/mol. The minimum Gasteiger partial charge on any atom is -0.469 e. The van der Waals surface area contributed by atoms with E-state index >= 15 is 0 Å². The minimum absolute atomic E-state index is 0.0762. The molecule has 1 fully saturated rings. The summed E-state index contributed by atoms with van der Waals surface area (Å²) in [5.74, 6) is -0.0185. The van der Waals surface area contributed by atoms with Gasteiger partial charge in [-0.3, -0.25) is 9.59 Å².